The third kappa shape index (κ3) is 5.88. The number of carbonyl (C=O) groups excluding carboxylic acids is 4. The molecule has 1 aromatic rings. The Morgan fingerprint density at radius 3 is 2.56 bits per heavy atom. The van der Waals surface area contributed by atoms with Gasteiger partial charge in [-0.15, -0.1) is 13.2 Å². The second-order valence-electron chi connectivity index (χ2n) is 10.8. The van der Waals surface area contributed by atoms with Crippen LogP contribution in [0.1, 0.15) is 38.4 Å². The van der Waals surface area contributed by atoms with E-state index in [1.165, 1.54) is 18.1 Å². The van der Waals surface area contributed by atoms with Crippen molar-refractivity contribution in [2.45, 2.75) is 51.2 Å². The van der Waals surface area contributed by atoms with Gasteiger partial charge in [-0.1, -0.05) is 32.0 Å². The number of nitrogens with one attached hydrogen (secondary N) is 2. The summed E-state index contributed by atoms with van der Waals surface area (Å²) in [5.41, 5.74) is -0.0908. The van der Waals surface area contributed by atoms with Crippen molar-refractivity contribution in [2.75, 3.05) is 26.8 Å². The molecule has 10 nitrogen and oxygen atoms in total. The van der Waals surface area contributed by atoms with E-state index in [0.29, 0.717) is 13.0 Å². The first-order chi connectivity index (χ1) is 18.3. The van der Waals surface area contributed by atoms with Crippen LogP contribution >= 0.6 is 0 Å². The zero-order chi connectivity index (χ0) is 28.7. The standard InChI is InChI=1S/C26H32F3N3O7/c1-25(2)15-11-32(24(37)21(34)14-6-4-5-7-18(14)38-3)20(19(15)25)23(36)31-16(10-13-8-9-30-22(13)35)17(33)12-39-26(27,28)29/h4-7,13,15-16,19-21,34H,8-12H2,1-3H3,(H,30,35)(H,31,36)/t13-,15-,16-,19-,20-,21+/m0/s1. The number of halogens is 3. The van der Waals surface area contributed by atoms with Crippen LogP contribution in [-0.4, -0.2) is 78.8 Å². The highest BCUT2D eigenvalue weighted by molar-refractivity contribution is 5.95. The summed E-state index contributed by atoms with van der Waals surface area (Å²) in [6.45, 7) is 3.07. The Balaban J connectivity index is 1.55. The Morgan fingerprint density at radius 2 is 1.95 bits per heavy atom. The minimum Gasteiger partial charge on any atom is -0.496 e. The summed E-state index contributed by atoms with van der Waals surface area (Å²) in [5.74, 6) is -3.61. The molecule has 6 atom stereocenters. The van der Waals surface area contributed by atoms with Gasteiger partial charge in [-0.05, 0) is 36.2 Å². The minimum atomic E-state index is -5.05. The van der Waals surface area contributed by atoms with Crippen molar-refractivity contribution in [3.8, 4) is 5.75 Å². The number of ether oxygens (including phenoxy) is 2. The molecule has 3 fully saturated rings. The number of amides is 3. The summed E-state index contributed by atoms with van der Waals surface area (Å²) < 4.78 is 46.7. The first-order valence-corrected chi connectivity index (χ1v) is 12.7. The van der Waals surface area contributed by atoms with Gasteiger partial charge in [0.25, 0.3) is 5.91 Å². The van der Waals surface area contributed by atoms with E-state index in [9.17, 15) is 37.5 Å². The molecule has 1 aromatic carbocycles. The first-order valence-electron chi connectivity index (χ1n) is 12.7. The average Bonchev–Trinajstić information content (AvgIpc) is 3.22. The van der Waals surface area contributed by atoms with Crippen LogP contribution in [0.3, 0.4) is 0 Å². The van der Waals surface area contributed by atoms with Crippen LogP contribution in [0, 0.1) is 23.2 Å². The number of methoxy groups -OCH3 is 1. The van der Waals surface area contributed by atoms with Crippen LogP contribution in [-0.2, 0) is 23.9 Å². The number of ketones is 1. The predicted molar refractivity (Wildman–Crippen MR) is 129 cm³/mol. The van der Waals surface area contributed by atoms with E-state index in [4.69, 9.17) is 4.74 Å². The lowest BCUT2D eigenvalue weighted by Gasteiger charge is -2.33. The number of piperidine rings is 1. The van der Waals surface area contributed by atoms with Crippen molar-refractivity contribution in [3.05, 3.63) is 29.8 Å². The van der Waals surface area contributed by atoms with Gasteiger partial charge in [0.2, 0.25) is 11.8 Å². The Hall–Kier alpha value is -3.19. The van der Waals surface area contributed by atoms with Gasteiger partial charge in [0, 0.05) is 24.6 Å². The molecular formula is C26H32F3N3O7. The number of aliphatic hydroxyl groups excluding tert-OH is 1. The molecule has 0 radical (unpaired) electrons. The predicted octanol–water partition coefficient (Wildman–Crippen LogP) is 1.33. The van der Waals surface area contributed by atoms with Gasteiger partial charge in [0.1, 0.15) is 18.4 Å². The highest BCUT2D eigenvalue weighted by atomic mass is 19.4. The quantitative estimate of drug-likeness (QED) is 0.397. The third-order valence-corrected chi connectivity index (χ3v) is 8.19. The number of hydrogen-bond acceptors (Lipinski definition) is 7. The van der Waals surface area contributed by atoms with E-state index in [1.807, 2.05) is 13.8 Å². The molecule has 1 saturated carbocycles. The summed E-state index contributed by atoms with van der Waals surface area (Å²) in [6, 6.07) is 3.90. The second kappa shape index (κ2) is 10.8. The Kier molecular flexibility index (Phi) is 7.95. The highest BCUT2D eigenvalue weighted by Crippen LogP contribution is 2.65. The molecule has 3 aliphatic rings. The van der Waals surface area contributed by atoms with Crippen molar-refractivity contribution < 1.29 is 46.9 Å². The summed E-state index contributed by atoms with van der Waals surface area (Å²) >= 11 is 0. The van der Waals surface area contributed by atoms with Crippen molar-refractivity contribution in [1.82, 2.24) is 15.5 Å². The lowest BCUT2D eigenvalue weighted by atomic mass is 9.94. The van der Waals surface area contributed by atoms with Crippen LogP contribution in [0.4, 0.5) is 13.2 Å². The lowest BCUT2D eigenvalue weighted by Crippen LogP contribution is -2.55. The fraction of sp³-hybridized carbons (Fsp3) is 0.615. The molecule has 3 amide bonds. The molecule has 2 aliphatic heterocycles. The van der Waals surface area contributed by atoms with E-state index in [0.717, 1.165) is 0 Å². The molecule has 2 saturated heterocycles. The smallest absolute Gasteiger partial charge is 0.496 e. The molecule has 2 heterocycles. The van der Waals surface area contributed by atoms with Crippen LogP contribution in [0.2, 0.25) is 0 Å². The number of carbonyl (C=O) groups is 4. The van der Waals surface area contributed by atoms with Gasteiger partial charge in [-0.3, -0.25) is 23.9 Å². The van der Waals surface area contributed by atoms with Crippen LogP contribution in [0.25, 0.3) is 0 Å². The lowest BCUT2D eigenvalue weighted by molar-refractivity contribution is -0.321. The molecule has 39 heavy (non-hydrogen) atoms. The monoisotopic (exact) mass is 555 g/mol. The van der Waals surface area contributed by atoms with Crippen molar-refractivity contribution >= 4 is 23.5 Å². The highest BCUT2D eigenvalue weighted by Gasteiger charge is 2.69. The SMILES string of the molecule is COc1ccccc1[C@@H](O)C(=O)N1C[C@H]2[C@@H]([C@H]1C(=O)N[C@@H](C[C@@H]1CCNC1=O)C(=O)COC(F)(F)F)C2(C)C. The number of Topliss-reactive ketones (excluding diaryl/α,β-unsaturated/α-hetero) is 1. The van der Waals surface area contributed by atoms with Gasteiger partial charge >= 0.3 is 6.36 Å². The Labute approximate surface area is 223 Å². The number of fused-ring (bicyclic) bond motifs is 1. The average molecular weight is 556 g/mol. The van der Waals surface area contributed by atoms with Crippen LogP contribution in [0.15, 0.2) is 24.3 Å². The molecule has 0 unspecified atom stereocenters. The summed E-state index contributed by atoms with van der Waals surface area (Å²) in [7, 11) is 1.39. The van der Waals surface area contributed by atoms with Gasteiger partial charge in [-0.2, -0.15) is 0 Å². The zero-order valence-electron chi connectivity index (χ0n) is 21.8. The van der Waals surface area contributed by atoms with Gasteiger partial charge < -0.3 is 25.4 Å². The molecule has 4 rings (SSSR count). The maximum atomic E-state index is 13.6. The van der Waals surface area contributed by atoms with Crippen molar-refractivity contribution in [3.63, 3.8) is 0 Å². The maximum absolute atomic E-state index is 13.6. The van der Waals surface area contributed by atoms with E-state index in [1.54, 1.807) is 18.2 Å². The van der Waals surface area contributed by atoms with E-state index >= 15 is 0 Å². The van der Waals surface area contributed by atoms with E-state index in [2.05, 4.69) is 15.4 Å². The fourth-order valence-electron chi connectivity index (χ4n) is 5.93. The Morgan fingerprint density at radius 1 is 1.26 bits per heavy atom. The summed E-state index contributed by atoms with van der Waals surface area (Å²) in [4.78, 5) is 53.1. The van der Waals surface area contributed by atoms with Crippen molar-refractivity contribution in [1.29, 1.82) is 0 Å². The largest absolute Gasteiger partial charge is 0.522 e. The van der Waals surface area contributed by atoms with Gasteiger partial charge in [0.15, 0.2) is 11.9 Å². The fourth-order valence-corrected chi connectivity index (χ4v) is 5.93. The molecule has 13 heteroatoms. The Bertz CT molecular complexity index is 1140. The number of benzene rings is 1. The summed E-state index contributed by atoms with van der Waals surface area (Å²) in [5, 5.41) is 16.0. The number of hydrogen-bond donors (Lipinski definition) is 3. The maximum Gasteiger partial charge on any atom is 0.522 e. The number of rotatable bonds is 10. The van der Waals surface area contributed by atoms with Gasteiger partial charge in [-0.25, -0.2) is 0 Å². The molecule has 214 valence electrons. The number of alkyl halides is 3. The summed E-state index contributed by atoms with van der Waals surface area (Å²) in [6.07, 6.45) is -6.53. The van der Waals surface area contributed by atoms with Crippen LogP contribution in [0.5, 0.6) is 5.75 Å². The van der Waals surface area contributed by atoms with E-state index in [-0.39, 0.29) is 47.4 Å². The van der Waals surface area contributed by atoms with E-state index < -0.39 is 54.7 Å². The van der Waals surface area contributed by atoms with Crippen LogP contribution < -0.4 is 15.4 Å². The molecular weight excluding hydrogens is 523 g/mol. The molecule has 0 aromatic heterocycles. The number of aliphatic hydroxyl groups is 1. The number of likely N-dealkylation sites (tertiary alicyclic amines) is 1. The molecule has 0 bridgehead atoms. The van der Waals surface area contributed by atoms with Gasteiger partial charge in [0.05, 0.1) is 13.2 Å². The number of para-hydroxylation sites is 1. The molecule has 0 spiro atoms. The topological polar surface area (TPSA) is 134 Å². The van der Waals surface area contributed by atoms with Crippen molar-refractivity contribution in [2.24, 2.45) is 23.2 Å². The first kappa shape index (κ1) is 28.8. The minimum absolute atomic E-state index is 0.0506. The second-order valence-corrected chi connectivity index (χ2v) is 10.8. The zero-order valence-corrected chi connectivity index (χ0v) is 21.8. The normalized spacial score (nSPS) is 26.8. The molecule has 1 aliphatic carbocycles. The third-order valence-electron chi connectivity index (χ3n) is 8.19. The molecule has 3 N–H and O–H groups in total. The number of nitrogens with zero attached hydrogens (tertiary/aromatic N) is 1.